The minimum Gasteiger partial charge on any atom is -0.508 e. The zero-order chi connectivity index (χ0) is 94.4. The number of imidazole rings is 2. The summed E-state index contributed by atoms with van der Waals surface area (Å²) >= 11 is 0. The van der Waals surface area contributed by atoms with E-state index in [9.17, 15) is 112 Å². The molecule has 30 N–H and O–H groups in total. The van der Waals surface area contributed by atoms with Gasteiger partial charge in [0.25, 0.3) is 0 Å². The summed E-state index contributed by atoms with van der Waals surface area (Å²) < 4.78 is 0. The number of amides is 16. The summed E-state index contributed by atoms with van der Waals surface area (Å²) in [5.74, 6) is -19.6. The summed E-state index contributed by atoms with van der Waals surface area (Å²) in [6.07, 6.45) is 0.531. The third-order valence-electron chi connectivity index (χ3n) is 19.4. The Labute approximate surface area is 729 Å². The summed E-state index contributed by atoms with van der Waals surface area (Å²) in [4.78, 5) is 260. The number of phenolic OH excluding ortho intramolecular Hbond substituents is 1. The molecule has 2 aromatic heterocycles. The van der Waals surface area contributed by atoms with Crippen molar-refractivity contribution in [3.05, 3.63) is 66.3 Å². The molecule has 3 aromatic rings. The fraction of sp³-hybridized carbons (Fsp3) is 0.625. The van der Waals surface area contributed by atoms with E-state index < -0.39 is 230 Å². The Balaban J connectivity index is 1.87. The van der Waals surface area contributed by atoms with Crippen LogP contribution < -0.4 is 103 Å². The topological polar surface area (TPSA) is 750 Å². The van der Waals surface area contributed by atoms with Crippen molar-refractivity contribution in [2.75, 3.05) is 32.7 Å². The molecule has 0 spiro atoms. The van der Waals surface area contributed by atoms with Crippen molar-refractivity contribution in [1.29, 1.82) is 0 Å². The number of aliphatic carboxylic acids is 2. The van der Waals surface area contributed by atoms with Crippen LogP contribution in [-0.4, -0.2) is 275 Å². The number of benzene rings is 1. The molecule has 16 amide bonds. The van der Waals surface area contributed by atoms with Crippen LogP contribution >= 0.6 is 0 Å². The Morgan fingerprint density at radius 3 is 1.06 bits per heavy atom. The number of carboxylic acid groups (broad SMARTS) is 2. The van der Waals surface area contributed by atoms with Crippen LogP contribution in [0.1, 0.15) is 176 Å². The Kier molecular flexibility index (Phi) is 48.4. The van der Waals surface area contributed by atoms with Gasteiger partial charge in [-0.25, -0.2) is 9.97 Å². The number of phenols is 1. The monoisotopic (exact) mass is 1780 g/mol. The zero-order valence-electron chi connectivity index (χ0n) is 72.6. The molecule has 0 bridgehead atoms. The maximum Gasteiger partial charge on any atom is 0.305 e. The fourth-order valence-electron chi connectivity index (χ4n) is 12.8. The maximum absolute atomic E-state index is 14.7. The molecule has 126 heavy (non-hydrogen) atoms. The Bertz CT molecular complexity index is 4060. The molecule has 0 saturated carbocycles. The van der Waals surface area contributed by atoms with Gasteiger partial charge in [0.1, 0.15) is 84.3 Å². The number of rotatable bonds is 61. The van der Waals surface area contributed by atoms with Crippen LogP contribution in [0.15, 0.2) is 49.3 Å². The molecule has 1 aromatic carbocycles. The normalized spacial score (nSPS) is 14.8. The highest BCUT2D eigenvalue weighted by Crippen LogP contribution is 2.17. The molecule has 0 aliphatic heterocycles. The highest BCUT2D eigenvalue weighted by atomic mass is 16.4. The van der Waals surface area contributed by atoms with Crippen molar-refractivity contribution in [1.82, 2.24) is 99.7 Å². The van der Waals surface area contributed by atoms with Gasteiger partial charge in [0.2, 0.25) is 94.5 Å². The van der Waals surface area contributed by atoms with Crippen LogP contribution in [0.25, 0.3) is 0 Å². The predicted octanol–water partition coefficient (Wildman–Crippen LogP) is -6.47. The summed E-state index contributed by atoms with van der Waals surface area (Å²) in [5, 5.41) is 87.2. The van der Waals surface area contributed by atoms with E-state index in [-0.39, 0.29) is 132 Å². The van der Waals surface area contributed by atoms with E-state index in [0.717, 1.165) is 13.8 Å². The minimum atomic E-state index is -1.84. The van der Waals surface area contributed by atoms with E-state index in [2.05, 4.69) is 99.7 Å². The third kappa shape index (κ3) is 41.5. The van der Waals surface area contributed by atoms with E-state index in [1.54, 1.807) is 41.5 Å². The molecule has 46 nitrogen and oxygen atoms in total. The number of nitrogens with zero attached hydrogens (tertiary/aromatic N) is 2. The molecule has 0 saturated heterocycles. The number of aliphatic hydroxyl groups excluding tert-OH is 2. The summed E-state index contributed by atoms with van der Waals surface area (Å²) in [6, 6.07) is -14.4. The van der Waals surface area contributed by atoms with Gasteiger partial charge in [0.05, 0.1) is 55.8 Å². The maximum atomic E-state index is 14.7. The van der Waals surface area contributed by atoms with Crippen LogP contribution in [0.3, 0.4) is 0 Å². The second-order valence-electron chi connectivity index (χ2n) is 31.9. The number of nitrogens with one attached hydrogen (secondary N) is 17. The number of unbranched alkanes of at least 4 members (excludes halogenated alkanes) is 3. The SMILES string of the molecule is CC(=O)N[C@H](C(=O)N[C@@H](CC(C)C)C(=O)N[C@@H](CCC(=O)O)C(=O)NCC(=O)N[C@H](C(=O)N[C@@H](CCCCN)C(=O)N[C@@H](CCCCN)C(=O)NCC(=O)N[C@@H](Cc1c[nH]cn1)C(=O)N[C@@H](CCCCN)C(=O)N[C@@H](CC(C)C)C(=O)N[C@@H](Cc1c[nH]cn1)C(=O)N[C@@H](CC(C)C)C(=O)N[C@@H](CC(=O)O)C(=O)N[C@@H](Cc1ccc(O)cc1)C(N)=O)[C@@H](C)O)[C@@H](C)O. The van der Waals surface area contributed by atoms with E-state index >= 15 is 0 Å². The number of nitrogens with two attached hydrogens (primary N) is 4. The molecule has 0 radical (unpaired) electrons. The number of aliphatic hydroxyl groups is 2. The van der Waals surface area contributed by atoms with E-state index in [1.165, 1.54) is 56.2 Å². The highest BCUT2D eigenvalue weighted by Gasteiger charge is 2.39. The summed E-state index contributed by atoms with van der Waals surface area (Å²) in [6.45, 7) is 12.4. The number of aromatic amines is 2. The second-order valence-corrected chi connectivity index (χ2v) is 31.9. The van der Waals surface area contributed by atoms with Crippen molar-refractivity contribution in [2.45, 2.75) is 269 Å². The van der Waals surface area contributed by atoms with Gasteiger partial charge in [-0.1, -0.05) is 53.7 Å². The summed E-state index contributed by atoms with van der Waals surface area (Å²) in [5.41, 5.74) is 24.0. The molecular weight excluding hydrogens is 1650 g/mol. The average molecular weight is 1780 g/mol. The van der Waals surface area contributed by atoms with Crippen molar-refractivity contribution < 1.29 is 112 Å². The number of primary amides is 1. The van der Waals surface area contributed by atoms with Gasteiger partial charge in [-0.15, -0.1) is 0 Å². The first-order chi connectivity index (χ1) is 59.4. The quantitative estimate of drug-likeness (QED) is 0.0234. The first kappa shape index (κ1) is 108. The second kappa shape index (κ2) is 56.5. The Morgan fingerprint density at radius 2 is 0.698 bits per heavy atom. The van der Waals surface area contributed by atoms with Crippen LogP contribution in [0.5, 0.6) is 5.75 Å². The van der Waals surface area contributed by atoms with Crippen molar-refractivity contribution in [3.63, 3.8) is 0 Å². The van der Waals surface area contributed by atoms with Gasteiger partial charge < -0.3 is 138 Å². The molecule has 46 heteroatoms. The van der Waals surface area contributed by atoms with Gasteiger partial charge in [0, 0.05) is 45.0 Å². The fourth-order valence-corrected chi connectivity index (χ4v) is 12.8. The molecule has 3 rings (SSSR count). The van der Waals surface area contributed by atoms with E-state index in [0.29, 0.717) is 24.8 Å². The third-order valence-corrected chi connectivity index (χ3v) is 19.4. The van der Waals surface area contributed by atoms with Gasteiger partial charge in [0.15, 0.2) is 0 Å². The molecular formula is C80H129N23O23. The van der Waals surface area contributed by atoms with E-state index in [1.807, 2.05) is 0 Å². The standard InChI is InChI=1S/C80H129N23O23/c1-41(2)28-56(74(120)100-60(33-49-36-86-40-90-49)77(123)99-57(29-42(3)4)75(121)101-61(34-65(112)113)78(124)97-55(68(84)114)31-47-19-21-50(107)22-20-47)98-72(118)52(17-11-14-26-82)94-76(122)59(32-48-35-85-39-89-48)92-62(108)37-87-69(115)51(16-10-13-25-81)93-71(117)53(18-12-15-27-83)96-80(126)67(45(8)105)103-63(109)38-88-70(116)54(23-24-64(110)111)95-73(119)58(30-43(5)6)102-79(125)66(44(7)104)91-46(9)106/h19-22,35-36,39-45,51-61,66-67,104-105,107H,10-18,23-34,37-38,81-83H2,1-9H3,(H2,84,114)(H,85,89)(H,86,90)(H,87,115)(H,88,116)(H,91,106)(H,92,108)(H,93,117)(H,94,122)(H,95,119)(H,96,126)(H,97,124)(H,98,118)(H,99,123)(H,100,120)(H,101,121)(H,102,125)(H,103,109)(H,110,111)(H,112,113)/t44-,45-,51+,52+,53+,54+,55+,56+,57+,58+,59+,60+,61+,66+,67+/m1/s1. The molecule has 15 atom stereocenters. The summed E-state index contributed by atoms with van der Waals surface area (Å²) in [7, 11) is 0. The molecule has 0 unspecified atom stereocenters. The first-order valence-electron chi connectivity index (χ1n) is 41.8. The van der Waals surface area contributed by atoms with Crippen molar-refractivity contribution >= 4 is 106 Å². The number of carbonyl (C=O) groups is 18. The van der Waals surface area contributed by atoms with Crippen LogP contribution in [0, 0.1) is 17.8 Å². The van der Waals surface area contributed by atoms with Crippen LogP contribution in [0.4, 0.5) is 0 Å². The first-order valence-corrected chi connectivity index (χ1v) is 41.8. The lowest BCUT2D eigenvalue weighted by Gasteiger charge is -2.28. The number of aromatic hydroxyl groups is 1. The Hall–Kier alpha value is -12.3. The van der Waals surface area contributed by atoms with Gasteiger partial charge in [-0.2, -0.15) is 0 Å². The van der Waals surface area contributed by atoms with Crippen LogP contribution in [-0.2, 0) is 106 Å². The number of H-pyrrole nitrogens is 2. The van der Waals surface area contributed by atoms with E-state index in [4.69, 9.17) is 22.9 Å². The predicted molar refractivity (Wildman–Crippen MR) is 452 cm³/mol. The van der Waals surface area contributed by atoms with Crippen molar-refractivity contribution in [2.24, 2.45) is 40.7 Å². The number of carboxylic acids is 2. The number of hydrogen-bond donors (Lipinski definition) is 26. The lowest BCUT2D eigenvalue weighted by molar-refractivity contribution is -0.141. The molecule has 0 aliphatic carbocycles. The molecule has 0 fully saturated rings. The van der Waals surface area contributed by atoms with Crippen molar-refractivity contribution in [3.8, 4) is 5.75 Å². The average Bonchev–Trinajstić information content (AvgIpc) is 1.07. The van der Waals surface area contributed by atoms with Gasteiger partial charge in [-0.3, -0.25) is 86.3 Å². The Morgan fingerprint density at radius 1 is 0.373 bits per heavy atom. The van der Waals surface area contributed by atoms with Gasteiger partial charge >= 0.3 is 11.9 Å². The zero-order valence-corrected chi connectivity index (χ0v) is 72.6. The number of carbonyl (C=O) groups excluding carboxylic acids is 16. The van der Waals surface area contributed by atoms with Crippen LogP contribution in [0.2, 0.25) is 0 Å². The smallest absolute Gasteiger partial charge is 0.305 e. The molecule has 702 valence electrons. The lowest BCUT2D eigenvalue weighted by Crippen LogP contribution is -2.61. The number of hydrogen-bond acceptors (Lipinski definition) is 26. The minimum absolute atomic E-state index is 0.0349. The highest BCUT2D eigenvalue weighted by molar-refractivity contribution is 6.01. The largest absolute Gasteiger partial charge is 0.508 e. The lowest BCUT2D eigenvalue weighted by atomic mass is 9.99. The molecule has 0 aliphatic rings. The molecule has 2 heterocycles. The van der Waals surface area contributed by atoms with Gasteiger partial charge in [-0.05, 0) is 152 Å². The number of aromatic nitrogens is 4.